The molecule has 0 amide bonds. The van der Waals surface area contributed by atoms with Crippen LogP contribution in [-0.2, 0) is 13.0 Å². The first-order valence-corrected chi connectivity index (χ1v) is 11.9. The van der Waals surface area contributed by atoms with Gasteiger partial charge in [0, 0.05) is 35.9 Å². The van der Waals surface area contributed by atoms with Crippen LogP contribution in [0.15, 0.2) is 33.3 Å². The molecule has 0 saturated carbocycles. The fourth-order valence-electron chi connectivity index (χ4n) is 4.07. The maximum Gasteiger partial charge on any atom is 0.270 e. The molecule has 0 unspecified atom stereocenters. The number of fused-ring (bicyclic) bond motifs is 2. The zero-order valence-corrected chi connectivity index (χ0v) is 19.5. The number of nitrogens with one attached hydrogen (secondary N) is 1. The highest BCUT2D eigenvalue weighted by Gasteiger charge is 2.26. The molecular formula is C21H23ClN8O2S. The number of nitrogens with zero attached hydrogens (tertiary/aromatic N) is 6. The molecule has 0 bridgehead atoms. The summed E-state index contributed by atoms with van der Waals surface area (Å²) in [6.45, 7) is 3.56. The van der Waals surface area contributed by atoms with Crippen molar-refractivity contribution in [2.75, 3.05) is 24.6 Å². The van der Waals surface area contributed by atoms with E-state index in [1.54, 1.807) is 6.20 Å². The topological polar surface area (TPSA) is 139 Å². The molecule has 1 fully saturated rings. The molecule has 4 aromatic rings. The molecule has 10 nitrogen and oxygen atoms in total. The minimum absolute atomic E-state index is 0.0989. The Morgan fingerprint density at radius 3 is 2.91 bits per heavy atom. The smallest absolute Gasteiger partial charge is 0.270 e. The van der Waals surface area contributed by atoms with Crippen molar-refractivity contribution in [3.8, 4) is 0 Å². The number of aliphatic hydroxyl groups is 1. The van der Waals surface area contributed by atoms with E-state index in [0.29, 0.717) is 33.5 Å². The Balaban J connectivity index is 1.57. The first-order chi connectivity index (χ1) is 16.0. The first kappa shape index (κ1) is 22.1. The quantitative estimate of drug-likeness (QED) is 0.349. The molecule has 0 radical (unpaired) electrons. The summed E-state index contributed by atoms with van der Waals surface area (Å²) in [5.74, 6) is 0.778. The van der Waals surface area contributed by atoms with Crippen molar-refractivity contribution < 1.29 is 5.11 Å². The molecule has 172 valence electrons. The summed E-state index contributed by atoms with van der Waals surface area (Å²) >= 11 is 8.02. The van der Waals surface area contributed by atoms with Crippen LogP contribution < -0.4 is 16.2 Å². The molecule has 0 aliphatic carbocycles. The number of pyridine rings is 1. The summed E-state index contributed by atoms with van der Waals surface area (Å²) in [5, 5.41) is 11.3. The minimum Gasteiger partial charge on any atom is -0.395 e. The van der Waals surface area contributed by atoms with Gasteiger partial charge in [-0.1, -0.05) is 18.5 Å². The number of aryl methyl sites for hydroxylation is 1. The Morgan fingerprint density at radius 2 is 2.18 bits per heavy atom. The Hall–Kier alpha value is -2.73. The molecule has 12 heteroatoms. The highest BCUT2D eigenvalue weighted by atomic mass is 35.5. The zero-order chi connectivity index (χ0) is 23.1. The average Bonchev–Trinajstić information content (AvgIpc) is 3.38. The summed E-state index contributed by atoms with van der Waals surface area (Å²) in [4.78, 5) is 36.5. The number of hydrogen-bond acceptors (Lipinski definition) is 9. The second kappa shape index (κ2) is 8.90. The normalized spacial score (nSPS) is 16.4. The lowest BCUT2D eigenvalue weighted by Gasteiger charge is -2.18. The largest absolute Gasteiger partial charge is 0.395 e. The summed E-state index contributed by atoms with van der Waals surface area (Å²) in [7, 11) is 0. The molecule has 5 rings (SSSR count). The second-order valence-corrected chi connectivity index (χ2v) is 9.33. The Morgan fingerprint density at radius 1 is 1.33 bits per heavy atom. The molecule has 0 aromatic carbocycles. The lowest BCUT2D eigenvalue weighted by Crippen LogP contribution is -2.27. The number of H-pyrrole nitrogens is 1. The van der Waals surface area contributed by atoms with Crippen molar-refractivity contribution in [2.45, 2.75) is 42.4 Å². The van der Waals surface area contributed by atoms with Crippen LogP contribution in [0.2, 0.25) is 5.02 Å². The van der Waals surface area contributed by atoms with Gasteiger partial charge in [-0.05, 0) is 30.7 Å². The maximum atomic E-state index is 12.1. The fourth-order valence-corrected chi connectivity index (χ4v) is 5.19. The maximum absolute atomic E-state index is 12.1. The highest BCUT2D eigenvalue weighted by Crippen LogP contribution is 2.37. The van der Waals surface area contributed by atoms with Gasteiger partial charge < -0.3 is 20.7 Å². The van der Waals surface area contributed by atoms with Crippen molar-refractivity contribution in [2.24, 2.45) is 5.73 Å². The Kier molecular flexibility index (Phi) is 5.95. The van der Waals surface area contributed by atoms with E-state index < -0.39 is 0 Å². The lowest BCUT2D eigenvalue weighted by atomic mass is 10.3. The van der Waals surface area contributed by atoms with Crippen LogP contribution in [0.4, 0.5) is 5.82 Å². The number of rotatable bonds is 6. The number of aliphatic hydroxyl groups excluding tert-OH is 1. The van der Waals surface area contributed by atoms with Crippen LogP contribution >= 0.6 is 23.4 Å². The van der Waals surface area contributed by atoms with Crippen molar-refractivity contribution in [1.82, 2.24) is 29.5 Å². The van der Waals surface area contributed by atoms with Gasteiger partial charge >= 0.3 is 0 Å². The fraction of sp³-hybridized carbons (Fsp3) is 0.381. The third-order valence-electron chi connectivity index (χ3n) is 5.69. The van der Waals surface area contributed by atoms with E-state index in [2.05, 4.69) is 19.9 Å². The molecule has 33 heavy (non-hydrogen) atoms. The molecule has 4 N–H and O–H groups in total. The Labute approximate surface area is 198 Å². The van der Waals surface area contributed by atoms with Crippen molar-refractivity contribution >= 4 is 51.4 Å². The lowest BCUT2D eigenvalue weighted by molar-refractivity contribution is 0.276. The van der Waals surface area contributed by atoms with E-state index >= 15 is 0 Å². The molecule has 5 heterocycles. The number of aromatic amines is 1. The molecule has 1 atom stereocenters. The second-order valence-electron chi connectivity index (χ2n) is 7.91. The van der Waals surface area contributed by atoms with Gasteiger partial charge in [-0.25, -0.2) is 19.9 Å². The number of hydrogen-bond donors (Lipinski definition) is 3. The number of aromatic nitrogens is 6. The van der Waals surface area contributed by atoms with Crippen LogP contribution in [0.3, 0.4) is 0 Å². The van der Waals surface area contributed by atoms with Gasteiger partial charge in [0.25, 0.3) is 5.56 Å². The molecule has 1 aliphatic rings. The van der Waals surface area contributed by atoms with Crippen LogP contribution in [0.1, 0.15) is 19.0 Å². The Bertz CT molecular complexity index is 1400. The van der Waals surface area contributed by atoms with Gasteiger partial charge in [-0.2, -0.15) is 0 Å². The van der Waals surface area contributed by atoms with E-state index in [4.69, 9.17) is 27.3 Å². The van der Waals surface area contributed by atoms with Gasteiger partial charge in [0.05, 0.1) is 29.8 Å². The van der Waals surface area contributed by atoms with Gasteiger partial charge in [-0.3, -0.25) is 9.36 Å². The van der Waals surface area contributed by atoms with E-state index in [-0.39, 0.29) is 24.8 Å². The van der Waals surface area contributed by atoms with Crippen LogP contribution in [0.25, 0.3) is 22.2 Å². The van der Waals surface area contributed by atoms with Gasteiger partial charge in [0.2, 0.25) is 0 Å². The summed E-state index contributed by atoms with van der Waals surface area (Å²) in [6.07, 6.45) is 4.54. The molecule has 1 aliphatic heterocycles. The van der Waals surface area contributed by atoms with Crippen molar-refractivity contribution in [1.29, 1.82) is 0 Å². The SMILES string of the molecule is CCc1[nH]c2nc(Sc3cnc4c(c3)ncc(=O)n4CCO)nc(N3CC[C@@H](N)C3)c2c1Cl. The summed E-state index contributed by atoms with van der Waals surface area (Å²) in [6, 6.07) is 1.93. The van der Waals surface area contributed by atoms with E-state index in [9.17, 15) is 9.90 Å². The molecule has 0 spiro atoms. The summed E-state index contributed by atoms with van der Waals surface area (Å²) < 4.78 is 1.40. The van der Waals surface area contributed by atoms with E-state index in [1.165, 1.54) is 22.5 Å². The summed E-state index contributed by atoms with van der Waals surface area (Å²) in [5.41, 5.74) is 8.43. The van der Waals surface area contributed by atoms with Crippen molar-refractivity contribution in [3.63, 3.8) is 0 Å². The van der Waals surface area contributed by atoms with Crippen LogP contribution in [0.5, 0.6) is 0 Å². The standard InChI is InChI=1S/C21H23ClN8O2S/c1-2-13-17(22)16-18(26-13)27-21(28-20(16)29-4-3-11(23)10-29)33-12-7-14-19(25-8-12)30(5-6-31)15(32)9-24-14/h7-9,11,31H,2-6,10,23H2,1H3,(H,26,27,28)/t11-/m1/s1. The first-order valence-electron chi connectivity index (χ1n) is 10.7. The zero-order valence-electron chi connectivity index (χ0n) is 18.0. The number of anilines is 1. The van der Waals surface area contributed by atoms with Crippen LogP contribution in [0, 0.1) is 0 Å². The van der Waals surface area contributed by atoms with Gasteiger partial charge in [-0.15, -0.1) is 0 Å². The van der Waals surface area contributed by atoms with Crippen LogP contribution in [-0.4, -0.2) is 60.3 Å². The highest BCUT2D eigenvalue weighted by molar-refractivity contribution is 7.99. The third-order valence-corrected chi connectivity index (χ3v) is 6.93. The number of halogens is 1. The third kappa shape index (κ3) is 4.05. The monoisotopic (exact) mass is 486 g/mol. The van der Waals surface area contributed by atoms with E-state index in [0.717, 1.165) is 41.2 Å². The average molecular weight is 487 g/mol. The van der Waals surface area contributed by atoms with Gasteiger partial charge in [0.15, 0.2) is 10.8 Å². The minimum atomic E-state index is -0.304. The van der Waals surface area contributed by atoms with Crippen molar-refractivity contribution in [3.05, 3.63) is 39.5 Å². The van der Waals surface area contributed by atoms with E-state index in [1.807, 2.05) is 13.0 Å². The number of nitrogens with two attached hydrogens (primary N) is 1. The van der Waals surface area contributed by atoms with Gasteiger partial charge in [0.1, 0.15) is 17.0 Å². The molecule has 4 aromatic heterocycles. The molecule has 1 saturated heterocycles. The predicted molar refractivity (Wildman–Crippen MR) is 128 cm³/mol. The molecular weight excluding hydrogens is 464 g/mol. The predicted octanol–water partition coefficient (Wildman–Crippen LogP) is 1.96.